The molecule has 1 aromatic carbocycles. The third-order valence-corrected chi connectivity index (χ3v) is 5.26. The molecule has 3 aromatic heterocycles. The predicted molar refractivity (Wildman–Crippen MR) is 105 cm³/mol. The number of aromatic nitrogens is 5. The lowest BCUT2D eigenvalue weighted by Crippen LogP contribution is -2.28. The van der Waals surface area contributed by atoms with E-state index in [0.717, 1.165) is 6.42 Å². The maximum Gasteiger partial charge on any atom is 0.289 e. The standard InChI is InChI=1S/C21H19FN6O3/c22-16-3-1-15(2-4-16)20-25-19(26-31-20)9-14-7-8-27(10-14)21(29)18-6-5-17(30-18)11-28-13-23-12-24-28/h1-6,12-14H,7-11H2. The number of furan rings is 1. The van der Waals surface area contributed by atoms with Crippen molar-refractivity contribution in [3.8, 4) is 11.5 Å². The molecule has 5 rings (SSSR count). The number of carbonyl (C=O) groups is 1. The molecule has 1 amide bonds. The summed E-state index contributed by atoms with van der Waals surface area (Å²) in [5.41, 5.74) is 0.669. The van der Waals surface area contributed by atoms with Crippen LogP contribution < -0.4 is 0 Å². The van der Waals surface area contributed by atoms with Gasteiger partial charge in [-0.3, -0.25) is 4.79 Å². The maximum atomic E-state index is 13.1. The van der Waals surface area contributed by atoms with Gasteiger partial charge in [0.15, 0.2) is 11.6 Å². The second-order valence-electron chi connectivity index (χ2n) is 7.49. The average Bonchev–Trinajstić information content (AvgIpc) is 3.57. The highest BCUT2D eigenvalue weighted by Crippen LogP contribution is 2.24. The van der Waals surface area contributed by atoms with E-state index in [1.165, 1.54) is 18.5 Å². The Hall–Kier alpha value is -3.82. The molecular weight excluding hydrogens is 403 g/mol. The molecule has 31 heavy (non-hydrogen) atoms. The van der Waals surface area contributed by atoms with E-state index in [4.69, 9.17) is 8.94 Å². The lowest BCUT2D eigenvalue weighted by Gasteiger charge is -2.14. The largest absolute Gasteiger partial charge is 0.454 e. The Balaban J connectivity index is 1.18. The highest BCUT2D eigenvalue weighted by molar-refractivity contribution is 5.91. The van der Waals surface area contributed by atoms with Gasteiger partial charge in [0.1, 0.15) is 30.8 Å². The Morgan fingerprint density at radius 1 is 1.19 bits per heavy atom. The quantitative estimate of drug-likeness (QED) is 0.471. The third-order valence-electron chi connectivity index (χ3n) is 5.26. The number of rotatable bonds is 6. The fourth-order valence-electron chi connectivity index (χ4n) is 3.70. The number of hydrogen-bond donors (Lipinski definition) is 0. The SMILES string of the molecule is O=C(c1ccc(Cn2cncn2)o1)N1CCC(Cc2noc(-c3ccc(F)cc3)n2)C1. The van der Waals surface area contributed by atoms with Crippen molar-refractivity contribution < 1.29 is 18.1 Å². The summed E-state index contributed by atoms with van der Waals surface area (Å²) >= 11 is 0. The van der Waals surface area contributed by atoms with E-state index < -0.39 is 0 Å². The molecular formula is C21H19FN6O3. The first-order valence-electron chi connectivity index (χ1n) is 9.93. The van der Waals surface area contributed by atoms with E-state index in [-0.39, 0.29) is 17.6 Å². The summed E-state index contributed by atoms with van der Waals surface area (Å²) < 4.78 is 25.7. The molecule has 1 atom stereocenters. The Morgan fingerprint density at radius 3 is 2.87 bits per heavy atom. The van der Waals surface area contributed by atoms with Crippen LogP contribution in [0.3, 0.4) is 0 Å². The molecule has 1 saturated heterocycles. The highest BCUT2D eigenvalue weighted by Gasteiger charge is 2.29. The number of likely N-dealkylation sites (tertiary alicyclic amines) is 1. The smallest absolute Gasteiger partial charge is 0.289 e. The van der Waals surface area contributed by atoms with E-state index in [0.29, 0.717) is 54.9 Å². The van der Waals surface area contributed by atoms with Crippen LogP contribution in [0.2, 0.25) is 0 Å². The van der Waals surface area contributed by atoms with Crippen LogP contribution >= 0.6 is 0 Å². The van der Waals surface area contributed by atoms with Gasteiger partial charge in [-0.15, -0.1) is 0 Å². The Kier molecular flexibility index (Phi) is 5.03. The molecule has 4 aromatic rings. The lowest BCUT2D eigenvalue weighted by atomic mass is 10.1. The molecule has 1 fully saturated rings. The van der Waals surface area contributed by atoms with E-state index in [2.05, 4.69) is 20.2 Å². The molecule has 4 heterocycles. The summed E-state index contributed by atoms with van der Waals surface area (Å²) in [7, 11) is 0. The van der Waals surface area contributed by atoms with E-state index in [1.54, 1.807) is 40.2 Å². The van der Waals surface area contributed by atoms with Gasteiger partial charge in [0.25, 0.3) is 11.8 Å². The van der Waals surface area contributed by atoms with Crippen molar-refractivity contribution in [1.29, 1.82) is 0 Å². The molecule has 0 bridgehead atoms. The van der Waals surface area contributed by atoms with Gasteiger partial charge in [-0.2, -0.15) is 10.1 Å². The minimum Gasteiger partial charge on any atom is -0.454 e. The summed E-state index contributed by atoms with van der Waals surface area (Å²) in [6.45, 7) is 1.66. The van der Waals surface area contributed by atoms with E-state index in [1.807, 2.05) is 0 Å². The molecule has 158 valence electrons. The van der Waals surface area contributed by atoms with Crippen molar-refractivity contribution in [1.82, 2.24) is 29.8 Å². The van der Waals surface area contributed by atoms with Crippen molar-refractivity contribution in [2.45, 2.75) is 19.4 Å². The first-order valence-corrected chi connectivity index (χ1v) is 9.93. The normalized spacial score (nSPS) is 16.2. The van der Waals surface area contributed by atoms with Crippen molar-refractivity contribution >= 4 is 5.91 Å². The van der Waals surface area contributed by atoms with Crippen LogP contribution in [0, 0.1) is 11.7 Å². The molecule has 0 N–H and O–H groups in total. The van der Waals surface area contributed by atoms with Gasteiger partial charge in [-0.25, -0.2) is 14.1 Å². The van der Waals surface area contributed by atoms with Crippen LogP contribution in [0.15, 0.2) is 58.0 Å². The molecule has 0 saturated carbocycles. The van der Waals surface area contributed by atoms with Crippen LogP contribution in [0.4, 0.5) is 4.39 Å². The Labute approximate surface area is 176 Å². The molecule has 9 nitrogen and oxygen atoms in total. The monoisotopic (exact) mass is 422 g/mol. The summed E-state index contributed by atoms with van der Waals surface area (Å²) in [5.74, 6) is 1.67. The Bertz CT molecular complexity index is 1170. The van der Waals surface area contributed by atoms with E-state index >= 15 is 0 Å². The summed E-state index contributed by atoms with van der Waals surface area (Å²) in [4.78, 5) is 22.9. The van der Waals surface area contributed by atoms with Gasteiger partial charge < -0.3 is 13.8 Å². The first kappa shape index (κ1) is 19.2. The molecule has 1 aliphatic heterocycles. The van der Waals surface area contributed by atoms with E-state index in [9.17, 15) is 9.18 Å². The minimum atomic E-state index is -0.318. The lowest BCUT2D eigenvalue weighted by molar-refractivity contribution is 0.0753. The van der Waals surface area contributed by atoms with Gasteiger partial charge in [0, 0.05) is 25.1 Å². The molecule has 1 aliphatic rings. The van der Waals surface area contributed by atoms with Crippen molar-refractivity contribution in [2.24, 2.45) is 5.92 Å². The van der Waals surface area contributed by atoms with Gasteiger partial charge in [-0.05, 0) is 48.7 Å². The summed E-state index contributed by atoms with van der Waals surface area (Å²) in [6.07, 6.45) is 4.49. The van der Waals surface area contributed by atoms with Crippen molar-refractivity contribution in [2.75, 3.05) is 13.1 Å². The number of nitrogens with zero attached hydrogens (tertiary/aromatic N) is 6. The first-order chi connectivity index (χ1) is 15.1. The van der Waals surface area contributed by atoms with Crippen LogP contribution in [0.5, 0.6) is 0 Å². The van der Waals surface area contributed by atoms with Crippen molar-refractivity contribution in [3.63, 3.8) is 0 Å². The zero-order valence-electron chi connectivity index (χ0n) is 16.5. The van der Waals surface area contributed by atoms with Gasteiger partial charge >= 0.3 is 0 Å². The second kappa shape index (κ2) is 8.13. The molecule has 0 radical (unpaired) electrons. The number of amides is 1. The highest BCUT2D eigenvalue weighted by atomic mass is 19.1. The zero-order valence-corrected chi connectivity index (χ0v) is 16.5. The maximum absolute atomic E-state index is 13.1. The second-order valence-corrected chi connectivity index (χ2v) is 7.49. The fourth-order valence-corrected chi connectivity index (χ4v) is 3.70. The molecule has 0 spiro atoms. The zero-order chi connectivity index (χ0) is 21.2. The third kappa shape index (κ3) is 4.23. The fraction of sp³-hybridized carbons (Fsp3) is 0.286. The summed E-state index contributed by atoms with van der Waals surface area (Å²) in [6, 6.07) is 9.37. The van der Waals surface area contributed by atoms with Gasteiger partial charge in [0.05, 0.1) is 0 Å². The number of halogens is 1. The summed E-state index contributed by atoms with van der Waals surface area (Å²) in [5, 5.41) is 8.06. The molecule has 10 heteroatoms. The van der Waals surface area contributed by atoms with Crippen LogP contribution in [0.1, 0.15) is 28.6 Å². The van der Waals surface area contributed by atoms with Crippen molar-refractivity contribution in [3.05, 3.63) is 72.2 Å². The molecule has 1 unspecified atom stereocenters. The average molecular weight is 422 g/mol. The number of hydrogen-bond acceptors (Lipinski definition) is 7. The minimum absolute atomic E-state index is 0.132. The predicted octanol–water partition coefficient (Wildman–Crippen LogP) is 2.81. The van der Waals surface area contributed by atoms with Crippen LogP contribution in [0.25, 0.3) is 11.5 Å². The van der Waals surface area contributed by atoms with Gasteiger partial charge in [-0.1, -0.05) is 5.16 Å². The molecule has 0 aliphatic carbocycles. The van der Waals surface area contributed by atoms with Gasteiger partial charge in [0.2, 0.25) is 0 Å². The van der Waals surface area contributed by atoms with Crippen LogP contribution in [-0.4, -0.2) is 48.8 Å². The Morgan fingerprint density at radius 2 is 2.06 bits per heavy atom. The number of carbonyl (C=O) groups excluding carboxylic acids is 1. The van der Waals surface area contributed by atoms with Crippen LogP contribution in [-0.2, 0) is 13.0 Å². The number of benzene rings is 1. The topological polar surface area (TPSA) is 103 Å².